The minimum atomic E-state index is -0.744. The maximum Gasteiger partial charge on any atom is 0.415 e. The minimum Gasteiger partial charge on any atom is -0.497 e. The van der Waals surface area contributed by atoms with Gasteiger partial charge < -0.3 is 29.2 Å². The van der Waals surface area contributed by atoms with Gasteiger partial charge in [-0.2, -0.15) is 0 Å². The number of aromatic nitrogens is 1. The van der Waals surface area contributed by atoms with Crippen LogP contribution in [0.3, 0.4) is 0 Å². The van der Waals surface area contributed by atoms with Crippen molar-refractivity contribution < 1.29 is 34.0 Å². The number of piperidine rings is 1. The Morgan fingerprint density at radius 3 is 2.82 bits per heavy atom. The summed E-state index contributed by atoms with van der Waals surface area (Å²) in [6.45, 7) is 2.99. The van der Waals surface area contributed by atoms with Crippen molar-refractivity contribution in [3.05, 3.63) is 54.2 Å². The fraction of sp³-hybridized carbons (Fsp3) is 0.448. The molecule has 0 unspecified atom stereocenters. The van der Waals surface area contributed by atoms with Crippen LogP contribution in [0.15, 0.2) is 48.7 Å². The number of carbonyl (C=O) groups excluding carboxylic acids is 1. The number of ether oxygens (including phenoxy) is 4. The molecule has 2 fully saturated rings. The van der Waals surface area contributed by atoms with Crippen LogP contribution in [0.4, 0.5) is 10.5 Å². The van der Waals surface area contributed by atoms with Crippen LogP contribution in [0.25, 0.3) is 10.9 Å². The van der Waals surface area contributed by atoms with Crippen LogP contribution in [0.5, 0.6) is 17.2 Å². The van der Waals surface area contributed by atoms with Crippen molar-refractivity contribution in [3.63, 3.8) is 0 Å². The Bertz CT molecular complexity index is 1370. The van der Waals surface area contributed by atoms with Gasteiger partial charge in [0.05, 0.1) is 31.0 Å². The average Bonchev–Trinajstić information content (AvgIpc) is 3.30. The van der Waals surface area contributed by atoms with Gasteiger partial charge in [-0.3, -0.25) is 14.8 Å². The predicted octanol–water partition coefficient (Wildman–Crippen LogP) is 3.15. The minimum absolute atomic E-state index is 0.0147. The Labute approximate surface area is 226 Å². The number of anilines is 1. The van der Waals surface area contributed by atoms with Gasteiger partial charge in [0, 0.05) is 56.2 Å². The van der Waals surface area contributed by atoms with Crippen LogP contribution in [-0.2, 0) is 4.74 Å². The standard InChI is InChI=1S/C29H33N3O7/c1-36-21-3-4-24-23(15-21)22(6-9-30-24)25(34)17-31-10-8-29(19(16-31)7-11-33)18-32(28(35)39-29)20-2-5-26-27(14-20)38-13-12-37-26/h2-6,9,14-15,19,25,33-34H,7-8,10-13,16-18H2,1H3/t19-,25-,29+/m1/s1. The molecular weight excluding hydrogens is 502 g/mol. The van der Waals surface area contributed by atoms with Gasteiger partial charge in [0.1, 0.15) is 24.6 Å². The highest BCUT2D eigenvalue weighted by atomic mass is 16.6. The van der Waals surface area contributed by atoms with E-state index in [0.29, 0.717) is 75.2 Å². The Morgan fingerprint density at radius 1 is 1.15 bits per heavy atom. The van der Waals surface area contributed by atoms with Gasteiger partial charge in [0.25, 0.3) is 0 Å². The molecular formula is C29H33N3O7. The number of hydrogen-bond acceptors (Lipinski definition) is 9. The second-order valence-corrected chi connectivity index (χ2v) is 10.4. The zero-order chi connectivity index (χ0) is 27.0. The Kier molecular flexibility index (Phi) is 6.92. The summed E-state index contributed by atoms with van der Waals surface area (Å²) in [6, 6.07) is 12.9. The zero-order valence-electron chi connectivity index (χ0n) is 21.9. The molecule has 3 atom stereocenters. The summed E-state index contributed by atoms with van der Waals surface area (Å²) in [5.41, 5.74) is 1.56. The summed E-state index contributed by atoms with van der Waals surface area (Å²) in [5, 5.41) is 22.0. The van der Waals surface area contributed by atoms with E-state index in [2.05, 4.69) is 9.88 Å². The van der Waals surface area contributed by atoms with E-state index in [4.69, 9.17) is 18.9 Å². The number of methoxy groups -OCH3 is 1. The molecule has 0 bridgehead atoms. The van der Waals surface area contributed by atoms with Crippen LogP contribution >= 0.6 is 0 Å². The molecule has 10 nitrogen and oxygen atoms in total. The highest BCUT2D eigenvalue weighted by Crippen LogP contribution is 2.43. The summed E-state index contributed by atoms with van der Waals surface area (Å²) in [5.74, 6) is 1.89. The van der Waals surface area contributed by atoms with E-state index < -0.39 is 17.8 Å². The molecule has 2 aromatic carbocycles. The number of amides is 1. The fourth-order valence-electron chi connectivity index (χ4n) is 6.04. The van der Waals surface area contributed by atoms with E-state index >= 15 is 0 Å². The van der Waals surface area contributed by atoms with Crippen molar-refractivity contribution >= 4 is 22.7 Å². The van der Waals surface area contributed by atoms with E-state index in [1.165, 1.54) is 0 Å². The monoisotopic (exact) mass is 535 g/mol. The van der Waals surface area contributed by atoms with Crippen molar-refractivity contribution in [1.29, 1.82) is 0 Å². The van der Waals surface area contributed by atoms with Gasteiger partial charge in [0.2, 0.25) is 0 Å². The van der Waals surface area contributed by atoms with Crippen LogP contribution in [0, 0.1) is 5.92 Å². The van der Waals surface area contributed by atoms with E-state index in [1.54, 1.807) is 18.2 Å². The maximum atomic E-state index is 13.1. The number of benzene rings is 2. The second kappa shape index (κ2) is 10.5. The second-order valence-electron chi connectivity index (χ2n) is 10.4. The molecule has 1 amide bonds. The number of rotatable bonds is 7. The number of β-amino-alcohol motifs (C(OH)–C–C–N with tert-alkyl or cyclic N) is 1. The first-order valence-corrected chi connectivity index (χ1v) is 13.3. The molecule has 1 spiro atoms. The zero-order valence-corrected chi connectivity index (χ0v) is 21.9. The number of hydrogen-bond donors (Lipinski definition) is 2. The lowest BCUT2D eigenvalue weighted by atomic mass is 9.78. The first kappa shape index (κ1) is 25.7. The number of carbonyl (C=O) groups is 1. The van der Waals surface area contributed by atoms with Gasteiger partial charge >= 0.3 is 6.09 Å². The lowest BCUT2D eigenvalue weighted by molar-refractivity contribution is -0.0622. The summed E-state index contributed by atoms with van der Waals surface area (Å²) in [7, 11) is 1.61. The molecule has 0 saturated carbocycles. The number of pyridine rings is 1. The average molecular weight is 536 g/mol. The molecule has 206 valence electrons. The van der Waals surface area contributed by atoms with Crippen LogP contribution in [0.1, 0.15) is 24.5 Å². The largest absolute Gasteiger partial charge is 0.497 e. The summed E-state index contributed by atoms with van der Waals surface area (Å²) in [4.78, 5) is 21.3. The third-order valence-electron chi connectivity index (χ3n) is 8.10. The first-order valence-electron chi connectivity index (χ1n) is 13.3. The molecule has 3 aromatic rings. The van der Waals surface area contributed by atoms with Crippen molar-refractivity contribution in [1.82, 2.24) is 9.88 Å². The van der Waals surface area contributed by atoms with Gasteiger partial charge in [-0.05, 0) is 48.4 Å². The van der Waals surface area contributed by atoms with Crippen LogP contribution < -0.4 is 19.1 Å². The van der Waals surface area contributed by atoms with Gasteiger partial charge in [-0.25, -0.2) is 4.79 Å². The molecule has 3 aliphatic heterocycles. The quantitative estimate of drug-likeness (QED) is 0.471. The van der Waals surface area contributed by atoms with Crippen molar-refractivity contribution in [2.45, 2.75) is 24.5 Å². The molecule has 2 saturated heterocycles. The summed E-state index contributed by atoms with van der Waals surface area (Å²) < 4.78 is 22.8. The van der Waals surface area contributed by atoms with E-state index in [-0.39, 0.29) is 12.5 Å². The number of nitrogens with zero attached hydrogens (tertiary/aromatic N) is 3. The normalized spacial score (nSPS) is 23.7. The molecule has 6 rings (SSSR count). The van der Waals surface area contributed by atoms with Crippen molar-refractivity contribution in [3.8, 4) is 17.2 Å². The van der Waals surface area contributed by atoms with Gasteiger partial charge in [0.15, 0.2) is 11.5 Å². The molecule has 4 heterocycles. The topological polar surface area (TPSA) is 114 Å². The third kappa shape index (κ3) is 4.84. The number of aliphatic hydroxyl groups is 2. The van der Waals surface area contributed by atoms with Gasteiger partial charge in [-0.1, -0.05) is 0 Å². The third-order valence-corrected chi connectivity index (χ3v) is 8.10. The lowest BCUT2D eigenvalue weighted by Gasteiger charge is -2.44. The molecule has 0 radical (unpaired) electrons. The van der Waals surface area contributed by atoms with Gasteiger partial charge in [-0.15, -0.1) is 0 Å². The van der Waals surface area contributed by atoms with Crippen molar-refractivity contribution in [2.24, 2.45) is 5.92 Å². The Balaban J connectivity index is 1.18. The highest BCUT2D eigenvalue weighted by molar-refractivity contribution is 5.91. The lowest BCUT2D eigenvalue weighted by Crippen LogP contribution is -2.55. The molecule has 1 aromatic heterocycles. The van der Waals surface area contributed by atoms with Crippen LogP contribution in [-0.4, -0.2) is 84.9 Å². The molecule has 10 heteroatoms. The summed E-state index contributed by atoms with van der Waals surface area (Å²) >= 11 is 0. The highest BCUT2D eigenvalue weighted by Gasteiger charge is 2.53. The number of fused-ring (bicyclic) bond motifs is 2. The molecule has 3 aliphatic rings. The number of likely N-dealkylation sites (tertiary alicyclic amines) is 1. The maximum absolute atomic E-state index is 13.1. The molecule has 0 aliphatic carbocycles. The van der Waals surface area contributed by atoms with Crippen molar-refractivity contribution in [2.75, 3.05) is 58.0 Å². The first-order chi connectivity index (χ1) is 19.0. The molecule has 39 heavy (non-hydrogen) atoms. The molecule has 2 N–H and O–H groups in total. The van der Waals surface area contributed by atoms with E-state index in [1.807, 2.05) is 42.5 Å². The Morgan fingerprint density at radius 2 is 2.00 bits per heavy atom. The smallest absolute Gasteiger partial charge is 0.415 e. The predicted molar refractivity (Wildman–Crippen MR) is 143 cm³/mol. The SMILES string of the molecule is COc1ccc2nccc([C@H](O)CN3CC[C@]4(CN(c5ccc6c(c5)OCCO6)C(=O)O4)[C@H](CCO)C3)c2c1. The summed E-state index contributed by atoms with van der Waals surface area (Å²) in [6.07, 6.45) is 1.65. The van der Waals surface area contributed by atoms with E-state index in [0.717, 1.165) is 16.5 Å². The number of aliphatic hydroxyl groups excluding tert-OH is 2. The fourth-order valence-corrected chi connectivity index (χ4v) is 6.04. The van der Waals surface area contributed by atoms with E-state index in [9.17, 15) is 15.0 Å². The Hall–Kier alpha value is -3.60. The van der Waals surface area contributed by atoms with Crippen LogP contribution in [0.2, 0.25) is 0 Å².